The van der Waals surface area contributed by atoms with Gasteiger partial charge in [0.05, 0.1) is 0 Å². The number of nitrogens with zero attached hydrogens (tertiary/aromatic N) is 2. The van der Waals surface area contributed by atoms with Crippen LogP contribution in [-0.4, -0.2) is 69.1 Å². The van der Waals surface area contributed by atoms with E-state index in [4.69, 9.17) is 5.73 Å². The minimum absolute atomic E-state index is 0.189. The van der Waals surface area contributed by atoms with Crippen LogP contribution in [0.15, 0.2) is 0 Å². The molecule has 10 heteroatoms. The van der Waals surface area contributed by atoms with Gasteiger partial charge in [0.1, 0.15) is 6.54 Å². The molecular formula is C11H23F3N4O2S. The van der Waals surface area contributed by atoms with Crippen molar-refractivity contribution in [2.75, 3.05) is 39.3 Å². The quantitative estimate of drug-likeness (QED) is 0.695. The number of rotatable bonds is 7. The molecule has 0 spiro atoms. The minimum Gasteiger partial charge on any atom is -0.330 e. The lowest BCUT2D eigenvalue weighted by molar-refractivity contribution is -0.121. The summed E-state index contributed by atoms with van der Waals surface area (Å²) < 4.78 is 62.5. The van der Waals surface area contributed by atoms with Crippen molar-refractivity contribution in [1.82, 2.24) is 13.9 Å². The highest BCUT2D eigenvalue weighted by Crippen LogP contribution is 2.16. The molecule has 1 unspecified atom stereocenters. The van der Waals surface area contributed by atoms with Gasteiger partial charge in [0.15, 0.2) is 0 Å². The fraction of sp³-hybridized carbons (Fsp3) is 1.00. The normalized spacial score (nSPS) is 20.6. The van der Waals surface area contributed by atoms with Gasteiger partial charge in [-0.1, -0.05) is 6.92 Å². The third kappa shape index (κ3) is 6.07. The van der Waals surface area contributed by atoms with Crippen LogP contribution in [0.2, 0.25) is 0 Å². The van der Waals surface area contributed by atoms with Crippen LogP contribution in [-0.2, 0) is 10.2 Å². The molecule has 0 aromatic rings. The van der Waals surface area contributed by atoms with E-state index in [9.17, 15) is 21.6 Å². The molecule has 0 aromatic heterocycles. The average Bonchev–Trinajstić information content (AvgIpc) is 2.42. The summed E-state index contributed by atoms with van der Waals surface area (Å²) in [6, 6.07) is 0.294. The summed E-state index contributed by atoms with van der Waals surface area (Å²) >= 11 is 0. The Bertz CT molecular complexity index is 408. The SMILES string of the molecule is CCC(CCN)N1CCN(S(=O)(=O)NCC(F)(F)F)CC1. The Morgan fingerprint density at radius 3 is 2.24 bits per heavy atom. The number of hydrogen-bond donors (Lipinski definition) is 2. The highest BCUT2D eigenvalue weighted by molar-refractivity contribution is 7.87. The first kappa shape index (κ1) is 18.6. The molecule has 0 aliphatic carbocycles. The lowest BCUT2D eigenvalue weighted by Crippen LogP contribution is -2.55. The number of piperazine rings is 1. The van der Waals surface area contributed by atoms with Crippen LogP contribution in [0.25, 0.3) is 0 Å². The Hall–Kier alpha value is -0.420. The standard InChI is InChI=1S/C11H23F3N4O2S/c1-2-10(3-4-15)17-5-7-18(8-6-17)21(19,20)16-9-11(12,13)14/h10,16H,2-9,15H2,1H3. The molecule has 1 aliphatic rings. The monoisotopic (exact) mass is 332 g/mol. The fourth-order valence-corrected chi connectivity index (χ4v) is 3.58. The average molecular weight is 332 g/mol. The van der Waals surface area contributed by atoms with Crippen LogP contribution in [0.3, 0.4) is 0 Å². The van der Waals surface area contributed by atoms with E-state index >= 15 is 0 Å². The van der Waals surface area contributed by atoms with Crippen molar-refractivity contribution in [2.45, 2.75) is 32.0 Å². The third-order valence-electron chi connectivity index (χ3n) is 3.56. The van der Waals surface area contributed by atoms with Gasteiger partial charge in [-0.15, -0.1) is 0 Å². The summed E-state index contributed by atoms with van der Waals surface area (Å²) in [6.45, 7) is 2.44. The molecule has 1 rings (SSSR count). The van der Waals surface area contributed by atoms with Gasteiger partial charge in [0.25, 0.3) is 10.2 Å². The predicted molar refractivity (Wildman–Crippen MR) is 73.9 cm³/mol. The smallest absolute Gasteiger partial charge is 0.330 e. The van der Waals surface area contributed by atoms with Crippen molar-refractivity contribution >= 4 is 10.2 Å². The van der Waals surface area contributed by atoms with Crippen molar-refractivity contribution < 1.29 is 21.6 Å². The van der Waals surface area contributed by atoms with Crippen LogP contribution < -0.4 is 10.5 Å². The summed E-state index contributed by atoms with van der Waals surface area (Å²) in [7, 11) is -4.07. The summed E-state index contributed by atoms with van der Waals surface area (Å²) in [5.41, 5.74) is 5.54. The Morgan fingerprint density at radius 1 is 1.24 bits per heavy atom. The molecule has 1 aliphatic heterocycles. The molecule has 0 saturated carbocycles. The summed E-state index contributed by atoms with van der Waals surface area (Å²) in [5.74, 6) is 0. The van der Waals surface area contributed by atoms with Crippen molar-refractivity contribution in [3.63, 3.8) is 0 Å². The van der Waals surface area contributed by atoms with Crippen molar-refractivity contribution in [3.8, 4) is 0 Å². The zero-order chi connectivity index (χ0) is 16.1. The van der Waals surface area contributed by atoms with Crippen LogP contribution >= 0.6 is 0 Å². The van der Waals surface area contributed by atoms with E-state index in [2.05, 4.69) is 4.90 Å². The Kier molecular flexibility index (Phi) is 6.85. The van der Waals surface area contributed by atoms with Gasteiger partial charge in [-0.25, -0.2) is 0 Å². The number of hydrogen-bond acceptors (Lipinski definition) is 4. The minimum atomic E-state index is -4.55. The summed E-state index contributed by atoms with van der Waals surface area (Å²) in [5, 5.41) is 0. The zero-order valence-electron chi connectivity index (χ0n) is 12.1. The Labute approximate surface area is 123 Å². The summed E-state index contributed by atoms with van der Waals surface area (Å²) in [6.07, 6.45) is -2.81. The second-order valence-corrected chi connectivity index (χ2v) is 6.77. The van der Waals surface area contributed by atoms with E-state index in [1.165, 1.54) is 0 Å². The van der Waals surface area contributed by atoms with Gasteiger partial charge in [-0.2, -0.15) is 30.6 Å². The molecule has 1 heterocycles. The van der Waals surface area contributed by atoms with Gasteiger partial charge in [-0.3, -0.25) is 4.90 Å². The zero-order valence-corrected chi connectivity index (χ0v) is 12.9. The number of nitrogens with two attached hydrogens (primary N) is 1. The van der Waals surface area contributed by atoms with Gasteiger partial charge in [-0.05, 0) is 19.4 Å². The first-order valence-electron chi connectivity index (χ1n) is 6.95. The molecule has 0 aromatic carbocycles. The molecular weight excluding hydrogens is 309 g/mol. The van der Waals surface area contributed by atoms with Crippen molar-refractivity contribution in [3.05, 3.63) is 0 Å². The van der Waals surface area contributed by atoms with Crippen molar-refractivity contribution in [2.24, 2.45) is 5.73 Å². The molecule has 1 saturated heterocycles. The maximum Gasteiger partial charge on any atom is 0.402 e. The molecule has 1 fully saturated rings. The lowest BCUT2D eigenvalue weighted by atomic mass is 10.1. The Balaban J connectivity index is 2.51. The largest absolute Gasteiger partial charge is 0.402 e. The molecule has 0 bridgehead atoms. The molecule has 0 radical (unpaired) electrons. The third-order valence-corrected chi connectivity index (χ3v) is 5.11. The predicted octanol–water partition coefficient (Wildman–Crippen LogP) is 0.128. The molecule has 3 N–H and O–H groups in total. The number of halogens is 3. The second kappa shape index (κ2) is 7.73. The van der Waals surface area contributed by atoms with Gasteiger partial charge in [0.2, 0.25) is 0 Å². The van der Waals surface area contributed by atoms with Gasteiger partial charge in [0, 0.05) is 32.2 Å². The van der Waals surface area contributed by atoms with Crippen LogP contribution in [0.4, 0.5) is 13.2 Å². The summed E-state index contributed by atoms with van der Waals surface area (Å²) in [4.78, 5) is 2.14. The van der Waals surface area contributed by atoms with E-state index in [1.54, 1.807) is 4.72 Å². The van der Waals surface area contributed by atoms with Crippen molar-refractivity contribution in [1.29, 1.82) is 0 Å². The van der Waals surface area contributed by atoms with Crippen LogP contribution in [0.1, 0.15) is 19.8 Å². The van der Waals surface area contributed by atoms with Gasteiger partial charge >= 0.3 is 6.18 Å². The highest BCUT2D eigenvalue weighted by atomic mass is 32.2. The lowest BCUT2D eigenvalue weighted by Gasteiger charge is -2.38. The van der Waals surface area contributed by atoms with E-state index in [1.807, 2.05) is 6.92 Å². The maximum absolute atomic E-state index is 12.1. The number of alkyl halides is 3. The van der Waals surface area contributed by atoms with Gasteiger partial charge < -0.3 is 5.73 Å². The number of nitrogens with one attached hydrogen (secondary N) is 1. The maximum atomic E-state index is 12.1. The van der Waals surface area contributed by atoms with E-state index in [0.29, 0.717) is 25.7 Å². The van der Waals surface area contributed by atoms with E-state index in [-0.39, 0.29) is 13.1 Å². The first-order valence-corrected chi connectivity index (χ1v) is 8.39. The molecule has 21 heavy (non-hydrogen) atoms. The van der Waals surface area contributed by atoms with Crippen LogP contribution in [0, 0.1) is 0 Å². The molecule has 126 valence electrons. The molecule has 1 atom stereocenters. The van der Waals surface area contributed by atoms with E-state index in [0.717, 1.165) is 17.1 Å². The van der Waals surface area contributed by atoms with E-state index < -0.39 is 22.9 Å². The topological polar surface area (TPSA) is 78.7 Å². The second-order valence-electron chi connectivity index (χ2n) is 5.02. The first-order chi connectivity index (χ1) is 9.69. The van der Waals surface area contributed by atoms with Crippen LogP contribution in [0.5, 0.6) is 0 Å². The Morgan fingerprint density at radius 2 is 1.81 bits per heavy atom. The highest BCUT2D eigenvalue weighted by Gasteiger charge is 2.33. The fourth-order valence-electron chi connectivity index (χ4n) is 2.41. The molecule has 0 amide bonds. The molecule has 6 nitrogen and oxygen atoms in total.